The second kappa shape index (κ2) is 4.47. The Morgan fingerprint density at radius 3 is 2.67 bits per heavy atom. The number of hydrogen-bond donors (Lipinski definition) is 0. The lowest BCUT2D eigenvalue weighted by Crippen LogP contribution is -2.02. The van der Waals surface area contributed by atoms with Gasteiger partial charge >= 0.3 is 0 Å². The van der Waals surface area contributed by atoms with Gasteiger partial charge in [0, 0.05) is 0 Å². The molecule has 0 aliphatic carbocycles. The van der Waals surface area contributed by atoms with Gasteiger partial charge in [-0.3, -0.25) is 0 Å². The highest BCUT2D eigenvalue weighted by molar-refractivity contribution is 9.10. The van der Waals surface area contributed by atoms with E-state index in [1.54, 1.807) is 0 Å². The molecule has 0 spiro atoms. The van der Waals surface area contributed by atoms with E-state index in [2.05, 4.69) is 15.9 Å². The Balaban J connectivity index is 2.42. The summed E-state index contributed by atoms with van der Waals surface area (Å²) in [5.41, 5.74) is 0.571. The van der Waals surface area contributed by atoms with E-state index in [-0.39, 0.29) is 5.82 Å². The van der Waals surface area contributed by atoms with E-state index < -0.39 is 6.29 Å². The van der Waals surface area contributed by atoms with E-state index in [1.165, 1.54) is 19.2 Å². The van der Waals surface area contributed by atoms with Gasteiger partial charge in [-0.15, -0.1) is 0 Å². The summed E-state index contributed by atoms with van der Waals surface area (Å²) >= 11 is 3.23. The van der Waals surface area contributed by atoms with Gasteiger partial charge in [-0.1, -0.05) is 0 Å². The zero-order chi connectivity index (χ0) is 10.8. The maximum Gasteiger partial charge on any atom is 0.187 e. The average molecular weight is 277 g/mol. The Kier molecular flexibility index (Phi) is 3.23. The molecule has 2 rings (SSSR count). The predicted octanol–water partition coefficient (Wildman–Crippen LogP) is 2.64. The Morgan fingerprint density at radius 2 is 2.07 bits per heavy atom. The first-order valence-corrected chi connectivity index (χ1v) is 5.28. The van der Waals surface area contributed by atoms with E-state index >= 15 is 0 Å². The van der Waals surface area contributed by atoms with Gasteiger partial charge in [0.1, 0.15) is 11.6 Å². The number of halogens is 2. The minimum atomic E-state index is -0.535. The molecule has 0 amide bonds. The summed E-state index contributed by atoms with van der Waals surface area (Å²) in [5, 5.41) is 0. The van der Waals surface area contributed by atoms with Crippen LogP contribution in [0.5, 0.6) is 5.75 Å². The van der Waals surface area contributed by atoms with Gasteiger partial charge in [0.2, 0.25) is 0 Å². The van der Waals surface area contributed by atoms with Gasteiger partial charge in [-0.2, -0.15) is 0 Å². The van der Waals surface area contributed by atoms with Crippen LogP contribution in [0.25, 0.3) is 0 Å². The fourth-order valence-corrected chi connectivity index (χ4v) is 2.12. The standard InChI is InChI=1S/C10H10BrFO3/c1-13-9-7(10-14-2-3-15-10)4-6(12)5-8(9)11/h4-5,10H,2-3H2,1H3. The molecule has 1 aliphatic heterocycles. The molecule has 0 aromatic heterocycles. The molecule has 15 heavy (non-hydrogen) atoms. The lowest BCUT2D eigenvalue weighted by atomic mass is 10.2. The van der Waals surface area contributed by atoms with Gasteiger partial charge in [-0.05, 0) is 28.1 Å². The van der Waals surface area contributed by atoms with Gasteiger partial charge < -0.3 is 14.2 Å². The molecule has 0 saturated carbocycles. The molecule has 5 heteroatoms. The van der Waals surface area contributed by atoms with E-state index in [0.717, 1.165) is 0 Å². The van der Waals surface area contributed by atoms with Crippen molar-refractivity contribution in [1.82, 2.24) is 0 Å². The van der Waals surface area contributed by atoms with Crippen molar-refractivity contribution >= 4 is 15.9 Å². The fourth-order valence-electron chi connectivity index (χ4n) is 1.51. The van der Waals surface area contributed by atoms with Crippen LogP contribution in [0.1, 0.15) is 11.9 Å². The van der Waals surface area contributed by atoms with Gasteiger partial charge in [0.25, 0.3) is 0 Å². The quantitative estimate of drug-likeness (QED) is 0.831. The van der Waals surface area contributed by atoms with Gasteiger partial charge in [-0.25, -0.2) is 4.39 Å². The first kappa shape index (κ1) is 10.9. The van der Waals surface area contributed by atoms with Crippen molar-refractivity contribution in [3.8, 4) is 5.75 Å². The van der Waals surface area contributed by atoms with Crippen molar-refractivity contribution < 1.29 is 18.6 Å². The van der Waals surface area contributed by atoms with Crippen LogP contribution in [0.4, 0.5) is 4.39 Å². The molecule has 0 bridgehead atoms. The second-order valence-electron chi connectivity index (χ2n) is 3.08. The number of ether oxygens (including phenoxy) is 3. The zero-order valence-corrected chi connectivity index (χ0v) is 9.71. The third-order valence-electron chi connectivity index (χ3n) is 2.12. The van der Waals surface area contributed by atoms with Gasteiger partial charge in [0.15, 0.2) is 6.29 Å². The van der Waals surface area contributed by atoms with E-state index in [4.69, 9.17) is 14.2 Å². The van der Waals surface area contributed by atoms with E-state index in [9.17, 15) is 4.39 Å². The SMILES string of the molecule is COc1c(Br)cc(F)cc1C1OCCO1. The first-order chi connectivity index (χ1) is 7.22. The van der Waals surface area contributed by atoms with Crippen LogP contribution in [-0.2, 0) is 9.47 Å². The number of benzene rings is 1. The van der Waals surface area contributed by atoms with Crippen LogP contribution >= 0.6 is 15.9 Å². The van der Waals surface area contributed by atoms with E-state index in [1.807, 2.05) is 0 Å². The van der Waals surface area contributed by atoms with E-state index in [0.29, 0.717) is 29.0 Å². The van der Waals surface area contributed by atoms with Crippen LogP contribution in [0.2, 0.25) is 0 Å². The highest BCUT2D eigenvalue weighted by atomic mass is 79.9. The highest BCUT2D eigenvalue weighted by Gasteiger charge is 2.24. The number of methoxy groups -OCH3 is 1. The summed E-state index contributed by atoms with van der Waals surface area (Å²) < 4.78 is 29.5. The largest absolute Gasteiger partial charge is 0.495 e. The summed E-state index contributed by atoms with van der Waals surface area (Å²) in [6, 6.07) is 2.71. The lowest BCUT2D eigenvalue weighted by molar-refractivity contribution is -0.0457. The molecule has 1 aliphatic rings. The molecule has 1 aromatic carbocycles. The number of hydrogen-bond acceptors (Lipinski definition) is 3. The minimum Gasteiger partial charge on any atom is -0.495 e. The number of rotatable bonds is 2. The highest BCUT2D eigenvalue weighted by Crippen LogP contribution is 2.37. The molecule has 1 heterocycles. The Labute approximate surface area is 95.3 Å². The van der Waals surface area contributed by atoms with Crippen molar-refractivity contribution in [2.24, 2.45) is 0 Å². The molecule has 1 fully saturated rings. The molecular weight excluding hydrogens is 267 g/mol. The molecule has 82 valence electrons. The van der Waals surface area contributed by atoms with Crippen molar-refractivity contribution in [3.05, 3.63) is 28.0 Å². The summed E-state index contributed by atoms with van der Waals surface area (Å²) in [4.78, 5) is 0. The lowest BCUT2D eigenvalue weighted by Gasteiger charge is -2.15. The maximum absolute atomic E-state index is 13.2. The Hall–Kier alpha value is -0.650. The maximum atomic E-state index is 13.2. The summed E-state index contributed by atoms with van der Waals surface area (Å²) in [7, 11) is 1.52. The molecule has 0 N–H and O–H groups in total. The molecule has 0 unspecified atom stereocenters. The monoisotopic (exact) mass is 276 g/mol. The normalized spacial score (nSPS) is 17.0. The van der Waals surface area contributed by atoms with Crippen molar-refractivity contribution in [2.75, 3.05) is 20.3 Å². The zero-order valence-electron chi connectivity index (χ0n) is 8.13. The molecule has 3 nitrogen and oxygen atoms in total. The summed E-state index contributed by atoms with van der Waals surface area (Å²) in [5.74, 6) is 0.195. The summed E-state index contributed by atoms with van der Waals surface area (Å²) in [6.45, 7) is 1.03. The Morgan fingerprint density at radius 1 is 1.40 bits per heavy atom. The van der Waals surface area contributed by atoms with Crippen LogP contribution in [0, 0.1) is 5.82 Å². The van der Waals surface area contributed by atoms with Crippen LogP contribution in [0.15, 0.2) is 16.6 Å². The first-order valence-electron chi connectivity index (χ1n) is 4.48. The molecule has 0 atom stereocenters. The van der Waals surface area contributed by atoms with Crippen molar-refractivity contribution in [2.45, 2.75) is 6.29 Å². The predicted molar refractivity (Wildman–Crippen MR) is 55.3 cm³/mol. The molecule has 1 aromatic rings. The van der Waals surface area contributed by atoms with Gasteiger partial charge in [0.05, 0.1) is 30.4 Å². The minimum absolute atomic E-state index is 0.350. The van der Waals surface area contributed by atoms with Crippen LogP contribution in [0.3, 0.4) is 0 Å². The molecular formula is C10H10BrFO3. The smallest absolute Gasteiger partial charge is 0.187 e. The summed E-state index contributed by atoms with van der Waals surface area (Å²) in [6.07, 6.45) is -0.535. The molecule has 1 saturated heterocycles. The van der Waals surface area contributed by atoms with Crippen LogP contribution in [-0.4, -0.2) is 20.3 Å². The molecule has 0 radical (unpaired) electrons. The average Bonchev–Trinajstić information content (AvgIpc) is 2.69. The van der Waals surface area contributed by atoms with Crippen molar-refractivity contribution in [1.29, 1.82) is 0 Å². The third kappa shape index (κ3) is 2.14. The fraction of sp³-hybridized carbons (Fsp3) is 0.400. The Bertz CT molecular complexity index is 364. The third-order valence-corrected chi connectivity index (χ3v) is 2.71. The second-order valence-corrected chi connectivity index (χ2v) is 3.94. The van der Waals surface area contributed by atoms with Crippen LogP contribution < -0.4 is 4.74 Å². The topological polar surface area (TPSA) is 27.7 Å². The van der Waals surface area contributed by atoms with Crippen molar-refractivity contribution in [3.63, 3.8) is 0 Å².